The van der Waals surface area contributed by atoms with Crippen molar-refractivity contribution >= 4 is 22.6 Å². The lowest BCUT2D eigenvalue weighted by Crippen LogP contribution is -2.51. The van der Waals surface area contributed by atoms with Crippen molar-refractivity contribution in [2.45, 2.75) is 57.5 Å². The Labute approximate surface area is 124 Å². The molecule has 3 rings (SSSR count). The van der Waals surface area contributed by atoms with E-state index in [1.807, 2.05) is 25.4 Å². The van der Waals surface area contributed by atoms with Gasteiger partial charge in [-0.25, -0.2) is 9.66 Å². The normalized spacial score (nSPS) is 25.1. The van der Waals surface area contributed by atoms with Crippen LogP contribution in [0.1, 0.15) is 51.2 Å². The first-order valence-electron chi connectivity index (χ1n) is 7.34. The Morgan fingerprint density at radius 1 is 1.30 bits per heavy atom. The molecule has 3 heterocycles. The second kappa shape index (κ2) is 5.24. The van der Waals surface area contributed by atoms with Gasteiger partial charge in [0.1, 0.15) is 11.3 Å². The van der Waals surface area contributed by atoms with E-state index in [1.54, 1.807) is 0 Å². The van der Waals surface area contributed by atoms with Crippen LogP contribution in [0.15, 0.2) is 18.5 Å². The third kappa shape index (κ3) is 2.16. The van der Waals surface area contributed by atoms with Gasteiger partial charge in [0.2, 0.25) is 0 Å². The van der Waals surface area contributed by atoms with Gasteiger partial charge in [-0.15, -0.1) is 11.6 Å². The van der Waals surface area contributed by atoms with E-state index in [9.17, 15) is 0 Å². The summed E-state index contributed by atoms with van der Waals surface area (Å²) < 4.78 is 2.23. The predicted molar refractivity (Wildman–Crippen MR) is 82.8 cm³/mol. The summed E-state index contributed by atoms with van der Waals surface area (Å²) >= 11 is 6.36. The van der Waals surface area contributed by atoms with Gasteiger partial charge in [0, 0.05) is 18.3 Å². The average Bonchev–Trinajstić information content (AvgIpc) is 2.78. The minimum absolute atomic E-state index is 0.122. The predicted octanol–water partition coefficient (Wildman–Crippen LogP) is 3.63. The molecule has 1 aliphatic heterocycles. The number of hydrogen-bond donors (Lipinski definition) is 0. The molecule has 5 heteroatoms. The lowest BCUT2D eigenvalue weighted by atomic mass is 10.00. The van der Waals surface area contributed by atoms with Crippen molar-refractivity contribution in [3.05, 3.63) is 24.3 Å². The number of piperidine rings is 1. The topological polar surface area (TPSA) is 34.0 Å². The van der Waals surface area contributed by atoms with E-state index in [0.29, 0.717) is 12.1 Å². The van der Waals surface area contributed by atoms with Crippen molar-refractivity contribution in [3.63, 3.8) is 0 Å². The summed E-state index contributed by atoms with van der Waals surface area (Å²) in [7, 11) is 0. The molecule has 3 atom stereocenters. The molecular weight excluding hydrogens is 272 g/mol. The van der Waals surface area contributed by atoms with Crippen molar-refractivity contribution < 1.29 is 0 Å². The molecule has 1 fully saturated rings. The number of imidazole rings is 1. The quantitative estimate of drug-likeness (QED) is 0.793. The summed E-state index contributed by atoms with van der Waals surface area (Å²) in [5, 5.41) is 2.32. The standard InChI is InChI=1S/C15H21ClN4/c1-10-5-4-6-11(2)19(10)20-14-7-8-17-9-13(14)18-15(20)12(3)16/h7-12H,4-6H2,1-3H3. The van der Waals surface area contributed by atoms with Gasteiger partial charge >= 0.3 is 0 Å². The number of hydrogen-bond acceptors (Lipinski definition) is 3. The highest BCUT2D eigenvalue weighted by Gasteiger charge is 2.29. The van der Waals surface area contributed by atoms with Crippen LogP contribution in [-0.2, 0) is 0 Å². The largest absolute Gasteiger partial charge is 0.305 e. The van der Waals surface area contributed by atoms with Crippen LogP contribution in [0.25, 0.3) is 11.0 Å². The Hall–Kier alpha value is -1.29. The van der Waals surface area contributed by atoms with Crippen LogP contribution in [-0.4, -0.2) is 26.7 Å². The first kappa shape index (κ1) is 13.7. The first-order chi connectivity index (χ1) is 9.59. The number of fused-ring (bicyclic) bond motifs is 1. The summed E-state index contributed by atoms with van der Waals surface area (Å²) in [6, 6.07) is 3.02. The molecule has 0 N–H and O–H groups in total. The van der Waals surface area contributed by atoms with E-state index in [2.05, 4.69) is 33.5 Å². The number of halogens is 1. The van der Waals surface area contributed by atoms with Crippen LogP contribution < -0.4 is 5.01 Å². The Morgan fingerprint density at radius 2 is 2.00 bits per heavy atom. The summed E-state index contributed by atoms with van der Waals surface area (Å²) in [5.41, 5.74) is 2.02. The van der Waals surface area contributed by atoms with Crippen LogP contribution >= 0.6 is 11.6 Å². The van der Waals surface area contributed by atoms with Crippen molar-refractivity contribution in [2.75, 3.05) is 5.01 Å². The summed E-state index contributed by atoms with van der Waals surface area (Å²) in [6.07, 6.45) is 7.35. The monoisotopic (exact) mass is 292 g/mol. The SMILES string of the molecule is CC(Cl)c1nc2cnccc2n1N1C(C)CCCC1C. The van der Waals surface area contributed by atoms with Gasteiger partial charge in [-0.1, -0.05) is 0 Å². The highest BCUT2D eigenvalue weighted by Crippen LogP contribution is 2.29. The molecule has 0 aliphatic carbocycles. The molecule has 1 aliphatic rings. The number of nitrogens with zero attached hydrogens (tertiary/aromatic N) is 4. The van der Waals surface area contributed by atoms with Crippen LogP contribution in [0.2, 0.25) is 0 Å². The fourth-order valence-electron chi connectivity index (χ4n) is 3.24. The maximum absolute atomic E-state index is 6.36. The Bertz CT molecular complexity index is 597. The van der Waals surface area contributed by atoms with Crippen molar-refractivity contribution in [3.8, 4) is 0 Å². The van der Waals surface area contributed by atoms with E-state index in [4.69, 9.17) is 11.6 Å². The lowest BCUT2D eigenvalue weighted by Gasteiger charge is -2.42. The van der Waals surface area contributed by atoms with Gasteiger partial charge in [-0.3, -0.25) is 4.98 Å². The van der Waals surface area contributed by atoms with Gasteiger partial charge in [0.25, 0.3) is 0 Å². The highest BCUT2D eigenvalue weighted by molar-refractivity contribution is 6.20. The molecule has 20 heavy (non-hydrogen) atoms. The number of rotatable bonds is 2. The van der Waals surface area contributed by atoms with Crippen molar-refractivity contribution in [1.82, 2.24) is 14.6 Å². The molecule has 0 amide bonds. The fraction of sp³-hybridized carbons (Fsp3) is 0.600. The molecule has 0 bridgehead atoms. The molecule has 0 saturated carbocycles. The molecule has 1 saturated heterocycles. The van der Waals surface area contributed by atoms with Gasteiger partial charge < -0.3 is 5.01 Å². The van der Waals surface area contributed by atoms with E-state index < -0.39 is 0 Å². The average molecular weight is 293 g/mol. The van der Waals surface area contributed by atoms with Gasteiger partial charge in [-0.05, 0) is 46.1 Å². The first-order valence-corrected chi connectivity index (χ1v) is 7.78. The summed E-state index contributed by atoms with van der Waals surface area (Å²) in [4.78, 5) is 8.86. The molecule has 2 aromatic rings. The molecule has 0 aromatic carbocycles. The minimum Gasteiger partial charge on any atom is -0.305 e. The summed E-state index contributed by atoms with van der Waals surface area (Å²) in [6.45, 7) is 6.54. The van der Waals surface area contributed by atoms with Crippen molar-refractivity contribution in [1.29, 1.82) is 0 Å². The zero-order valence-corrected chi connectivity index (χ0v) is 13.0. The van der Waals surface area contributed by atoms with Crippen LogP contribution in [0.3, 0.4) is 0 Å². The molecular formula is C15H21ClN4. The number of aromatic nitrogens is 3. The molecule has 3 unspecified atom stereocenters. The lowest BCUT2D eigenvalue weighted by molar-refractivity contribution is 0.335. The zero-order valence-electron chi connectivity index (χ0n) is 12.3. The van der Waals surface area contributed by atoms with E-state index in [1.165, 1.54) is 19.3 Å². The van der Waals surface area contributed by atoms with Crippen LogP contribution in [0.5, 0.6) is 0 Å². The van der Waals surface area contributed by atoms with Crippen LogP contribution in [0.4, 0.5) is 0 Å². The Kier molecular flexibility index (Phi) is 3.59. The maximum Gasteiger partial charge on any atom is 0.146 e. The third-order valence-corrected chi connectivity index (χ3v) is 4.39. The fourth-order valence-corrected chi connectivity index (χ4v) is 3.38. The van der Waals surface area contributed by atoms with Crippen molar-refractivity contribution in [2.24, 2.45) is 0 Å². The second-order valence-corrected chi connectivity index (χ2v) is 6.43. The zero-order chi connectivity index (χ0) is 14.3. The maximum atomic E-state index is 6.36. The third-order valence-electron chi connectivity index (χ3n) is 4.19. The highest BCUT2D eigenvalue weighted by atomic mass is 35.5. The van der Waals surface area contributed by atoms with E-state index >= 15 is 0 Å². The van der Waals surface area contributed by atoms with E-state index in [-0.39, 0.29) is 5.38 Å². The Morgan fingerprint density at radius 3 is 2.65 bits per heavy atom. The second-order valence-electron chi connectivity index (χ2n) is 5.77. The molecule has 108 valence electrons. The molecule has 0 spiro atoms. The molecule has 4 nitrogen and oxygen atoms in total. The van der Waals surface area contributed by atoms with Gasteiger partial charge in [-0.2, -0.15) is 0 Å². The molecule has 2 aromatic heterocycles. The Balaban J connectivity index is 2.19. The summed E-state index contributed by atoms with van der Waals surface area (Å²) in [5.74, 6) is 0.912. The molecule has 0 radical (unpaired) electrons. The van der Waals surface area contributed by atoms with Gasteiger partial charge in [0.15, 0.2) is 0 Å². The number of pyridine rings is 1. The van der Waals surface area contributed by atoms with Gasteiger partial charge in [0.05, 0.1) is 17.1 Å². The number of alkyl halides is 1. The van der Waals surface area contributed by atoms with Crippen LogP contribution in [0, 0.1) is 0 Å². The minimum atomic E-state index is -0.122. The van der Waals surface area contributed by atoms with E-state index in [0.717, 1.165) is 16.9 Å². The smallest absolute Gasteiger partial charge is 0.146 e.